The van der Waals surface area contributed by atoms with Crippen LogP contribution in [0.5, 0.6) is 11.5 Å². The summed E-state index contributed by atoms with van der Waals surface area (Å²) in [6, 6.07) is 18.4. The molecule has 1 N–H and O–H groups in total. The SMILES string of the molecule is COc1cccc2c1-c1ccc3c(c1C(Cc1ccc(Cl)cc1)O2)C(C)=CC(C)(C)N3. The van der Waals surface area contributed by atoms with Gasteiger partial charge < -0.3 is 14.8 Å². The molecule has 1 unspecified atom stereocenters. The van der Waals surface area contributed by atoms with Crippen LogP contribution in [0.15, 0.2) is 60.7 Å². The molecule has 0 spiro atoms. The van der Waals surface area contributed by atoms with Crippen LogP contribution in [0.3, 0.4) is 0 Å². The van der Waals surface area contributed by atoms with E-state index in [0.717, 1.165) is 34.2 Å². The molecule has 5 rings (SSSR count). The normalized spacial score (nSPS) is 18.0. The standard InChI is InChI=1S/C27H26ClNO2/c1-16-15-27(2,3)29-20-13-12-19-25-21(30-4)6-5-7-22(25)31-23(26(19)24(16)20)14-17-8-10-18(28)11-9-17/h5-13,15,23,29H,14H2,1-4H3. The first-order valence-corrected chi connectivity index (χ1v) is 11.0. The monoisotopic (exact) mass is 431 g/mol. The van der Waals surface area contributed by atoms with Gasteiger partial charge in [-0.1, -0.05) is 41.9 Å². The van der Waals surface area contributed by atoms with Gasteiger partial charge in [0.1, 0.15) is 17.6 Å². The predicted molar refractivity (Wildman–Crippen MR) is 128 cm³/mol. The van der Waals surface area contributed by atoms with Gasteiger partial charge in [-0.15, -0.1) is 0 Å². The Kier molecular flexibility index (Phi) is 4.75. The number of halogens is 1. The number of hydrogen-bond acceptors (Lipinski definition) is 3. The molecule has 0 radical (unpaired) electrons. The summed E-state index contributed by atoms with van der Waals surface area (Å²) in [5.41, 5.74) is 8.13. The van der Waals surface area contributed by atoms with Crippen LogP contribution in [-0.2, 0) is 6.42 Å². The van der Waals surface area contributed by atoms with Gasteiger partial charge in [0.25, 0.3) is 0 Å². The zero-order valence-electron chi connectivity index (χ0n) is 18.3. The topological polar surface area (TPSA) is 30.5 Å². The maximum absolute atomic E-state index is 6.63. The highest BCUT2D eigenvalue weighted by molar-refractivity contribution is 6.30. The molecule has 0 aromatic heterocycles. The lowest BCUT2D eigenvalue weighted by molar-refractivity contribution is 0.201. The fraction of sp³-hybridized carbons (Fsp3) is 0.259. The minimum absolute atomic E-state index is 0.0951. The molecule has 3 nitrogen and oxygen atoms in total. The van der Waals surface area contributed by atoms with Crippen LogP contribution in [-0.4, -0.2) is 12.6 Å². The number of fused-ring (bicyclic) bond motifs is 5. The molecule has 0 saturated carbocycles. The van der Waals surface area contributed by atoms with E-state index in [2.05, 4.69) is 56.4 Å². The number of rotatable bonds is 3. The number of ether oxygens (including phenoxy) is 2. The zero-order chi connectivity index (χ0) is 21.8. The third-order valence-corrected chi connectivity index (χ3v) is 6.33. The molecule has 3 aromatic carbocycles. The fourth-order valence-corrected chi connectivity index (χ4v) is 5.06. The van der Waals surface area contributed by atoms with Crippen LogP contribution in [0.1, 0.15) is 43.6 Å². The number of nitrogens with one attached hydrogen (secondary N) is 1. The molecule has 0 fully saturated rings. The zero-order valence-corrected chi connectivity index (χ0v) is 19.0. The van der Waals surface area contributed by atoms with E-state index >= 15 is 0 Å². The van der Waals surface area contributed by atoms with Gasteiger partial charge in [-0.3, -0.25) is 0 Å². The molecule has 158 valence electrons. The van der Waals surface area contributed by atoms with E-state index in [9.17, 15) is 0 Å². The number of anilines is 1. The second-order valence-electron chi connectivity index (χ2n) is 8.89. The number of allylic oxidation sites excluding steroid dienone is 1. The lowest BCUT2D eigenvalue weighted by atomic mass is 9.80. The molecule has 31 heavy (non-hydrogen) atoms. The van der Waals surface area contributed by atoms with E-state index in [4.69, 9.17) is 21.1 Å². The van der Waals surface area contributed by atoms with Crippen molar-refractivity contribution in [2.75, 3.05) is 12.4 Å². The Bertz CT molecular complexity index is 1190. The number of benzene rings is 3. The highest BCUT2D eigenvalue weighted by atomic mass is 35.5. The van der Waals surface area contributed by atoms with Gasteiger partial charge in [-0.25, -0.2) is 0 Å². The van der Waals surface area contributed by atoms with Gasteiger partial charge in [0.05, 0.1) is 18.2 Å². The van der Waals surface area contributed by atoms with Gasteiger partial charge in [0.2, 0.25) is 0 Å². The van der Waals surface area contributed by atoms with E-state index in [0.29, 0.717) is 0 Å². The average molecular weight is 432 g/mol. The van der Waals surface area contributed by atoms with Crippen molar-refractivity contribution in [2.24, 2.45) is 0 Å². The van der Waals surface area contributed by atoms with Crippen LogP contribution >= 0.6 is 11.6 Å². The summed E-state index contributed by atoms with van der Waals surface area (Å²) in [6.45, 7) is 6.58. The van der Waals surface area contributed by atoms with E-state index < -0.39 is 0 Å². The predicted octanol–water partition coefficient (Wildman–Crippen LogP) is 7.30. The Morgan fingerprint density at radius 3 is 2.55 bits per heavy atom. The van der Waals surface area contributed by atoms with Crippen LogP contribution < -0.4 is 14.8 Å². The summed E-state index contributed by atoms with van der Waals surface area (Å²) < 4.78 is 12.3. The van der Waals surface area contributed by atoms with E-state index in [1.54, 1.807) is 7.11 Å². The molecule has 1 atom stereocenters. The van der Waals surface area contributed by atoms with E-state index in [1.807, 2.05) is 30.3 Å². The van der Waals surface area contributed by atoms with Crippen LogP contribution in [0.2, 0.25) is 5.02 Å². The summed E-state index contributed by atoms with van der Waals surface area (Å²) in [4.78, 5) is 0. The smallest absolute Gasteiger partial charge is 0.131 e. The Labute approximate surface area is 188 Å². The molecule has 0 aliphatic carbocycles. The molecule has 4 heteroatoms. The first kappa shape index (κ1) is 20.0. The maximum Gasteiger partial charge on any atom is 0.131 e. The Hall–Kier alpha value is -2.91. The largest absolute Gasteiger partial charge is 0.496 e. The summed E-state index contributed by atoms with van der Waals surface area (Å²) in [6.07, 6.45) is 2.94. The molecular weight excluding hydrogens is 406 g/mol. The lowest BCUT2D eigenvalue weighted by Gasteiger charge is -2.37. The minimum Gasteiger partial charge on any atom is -0.496 e. The van der Waals surface area contributed by atoms with Crippen molar-refractivity contribution in [1.29, 1.82) is 0 Å². The second-order valence-corrected chi connectivity index (χ2v) is 9.33. The van der Waals surface area contributed by atoms with Crippen molar-refractivity contribution >= 4 is 22.9 Å². The minimum atomic E-state index is -0.114. The molecule has 2 aliphatic heterocycles. The van der Waals surface area contributed by atoms with Crippen molar-refractivity contribution in [2.45, 2.75) is 38.8 Å². The van der Waals surface area contributed by atoms with Crippen LogP contribution in [0, 0.1) is 0 Å². The first-order valence-electron chi connectivity index (χ1n) is 10.6. The van der Waals surface area contributed by atoms with Crippen molar-refractivity contribution in [3.8, 4) is 22.6 Å². The molecule has 0 amide bonds. The van der Waals surface area contributed by atoms with Crippen LogP contribution in [0.4, 0.5) is 5.69 Å². The third-order valence-electron chi connectivity index (χ3n) is 6.08. The summed E-state index contributed by atoms with van der Waals surface area (Å²) >= 11 is 6.12. The van der Waals surface area contributed by atoms with Crippen molar-refractivity contribution in [3.05, 3.63) is 82.4 Å². The quantitative estimate of drug-likeness (QED) is 0.472. The van der Waals surface area contributed by atoms with Gasteiger partial charge in [-0.2, -0.15) is 0 Å². The Morgan fingerprint density at radius 1 is 1.03 bits per heavy atom. The molecule has 0 bridgehead atoms. The van der Waals surface area contributed by atoms with E-state index in [-0.39, 0.29) is 11.6 Å². The van der Waals surface area contributed by atoms with E-state index in [1.165, 1.54) is 27.8 Å². The summed E-state index contributed by atoms with van der Waals surface area (Å²) in [5.74, 6) is 1.69. The molecule has 0 saturated heterocycles. The number of methoxy groups -OCH3 is 1. The van der Waals surface area contributed by atoms with Crippen molar-refractivity contribution < 1.29 is 9.47 Å². The average Bonchev–Trinajstić information content (AvgIpc) is 2.73. The lowest BCUT2D eigenvalue weighted by Crippen LogP contribution is -2.32. The fourth-order valence-electron chi connectivity index (χ4n) is 4.93. The highest BCUT2D eigenvalue weighted by Gasteiger charge is 2.34. The molecule has 2 heterocycles. The van der Waals surface area contributed by atoms with Gasteiger partial charge >= 0.3 is 0 Å². The number of hydrogen-bond donors (Lipinski definition) is 1. The second kappa shape index (κ2) is 7.35. The molecule has 2 aliphatic rings. The molecular formula is C27H26ClNO2. The Balaban J connectivity index is 1.73. The van der Waals surface area contributed by atoms with Crippen LogP contribution in [0.25, 0.3) is 16.7 Å². The summed E-state index contributed by atoms with van der Waals surface area (Å²) in [7, 11) is 1.71. The third kappa shape index (κ3) is 3.47. The molecule has 3 aromatic rings. The van der Waals surface area contributed by atoms with Gasteiger partial charge in [0.15, 0.2) is 0 Å². The van der Waals surface area contributed by atoms with Gasteiger partial charge in [0, 0.05) is 28.3 Å². The summed E-state index contributed by atoms with van der Waals surface area (Å²) in [5, 5.41) is 4.42. The van der Waals surface area contributed by atoms with Gasteiger partial charge in [-0.05, 0) is 67.8 Å². The maximum atomic E-state index is 6.63. The van der Waals surface area contributed by atoms with Crippen molar-refractivity contribution in [3.63, 3.8) is 0 Å². The Morgan fingerprint density at radius 2 is 1.81 bits per heavy atom. The first-order chi connectivity index (χ1) is 14.9. The highest BCUT2D eigenvalue weighted by Crippen LogP contribution is 2.52. The van der Waals surface area contributed by atoms with Crippen molar-refractivity contribution in [1.82, 2.24) is 0 Å².